The van der Waals surface area contributed by atoms with Gasteiger partial charge in [0, 0.05) is 0 Å². The molecule has 0 spiro atoms. The lowest BCUT2D eigenvalue weighted by Gasteiger charge is -2.51. The van der Waals surface area contributed by atoms with Gasteiger partial charge in [-0.05, 0) is 44.5 Å². The molecule has 8 aromatic rings. The van der Waals surface area contributed by atoms with Crippen LogP contribution in [0.2, 0.25) is 0 Å². The fraction of sp³-hybridized carbons (Fsp3) is 0.347. The second kappa shape index (κ2) is 34.5. The van der Waals surface area contributed by atoms with E-state index in [0.29, 0.717) is 0 Å². The maximum absolute atomic E-state index is 14.6. The molecule has 0 unspecified atom stereocenters. The average Bonchev–Trinajstić information content (AvgIpc) is 0.796. The Morgan fingerprint density at radius 3 is 0.837 bits per heavy atom. The van der Waals surface area contributed by atoms with Crippen molar-refractivity contribution in [2.45, 2.75) is 145 Å². The van der Waals surface area contributed by atoms with Crippen LogP contribution >= 0.6 is 0 Å². The van der Waals surface area contributed by atoms with Crippen molar-refractivity contribution >= 4 is 5.97 Å². The molecule has 0 saturated carbocycles. The average molecular weight is 1250 g/mol. The minimum atomic E-state index is -1.53. The molecule has 0 aliphatic carbocycles. The van der Waals surface area contributed by atoms with Crippen molar-refractivity contribution in [1.82, 2.24) is 0 Å². The fourth-order valence-electron chi connectivity index (χ4n) is 11.6. The van der Waals surface area contributed by atoms with E-state index in [1.54, 1.807) is 0 Å². The third kappa shape index (κ3) is 18.1. The molecule has 8 aromatic carbocycles. The third-order valence-electron chi connectivity index (χ3n) is 16.3. The first-order chi connectivity index (χ1) is 45.4. The molecule has 3 saturated heterocycles. The van der Waals surface area contributed by atoms with Gasteiger partial charge in [-0.25, -0.2) is 4.79 Å². The molecule has 0 amide bonds. The van der Waals surface area contributed by atoms with Crippen molar-refractivity contribution in [3.05, 3.63) is 287 Å². The number of hydrogen-bond acceptors (Lipinski definition) is 17. The first-order valence-electron chi connectivity index (χ1n) is 31.2. The van der Waals surface area contributed by atoms with Gasteiger partial charge >= 0.3 is 5.97 Å². The number of rotatable bonds is 31. The van der Waals surface area contributed by atoms with E-state index in [-0.39, 0.29) is 52.9 Å². The lowest BCUT2D eigenvalue weighted by atomic mass is 9.94. The van der Waals surface area contributed by atoms with Crippen LogP contribution in [0.15, 0.2) is 243 Å². The molecule has 3 fully saturated rings. The van der Waals surface area contributed by atoms with Crippen molar-refractivity contribution in [3.63, 3.8) is 0 Å². The standard InChI is InChI=1S/C75H80O17/c1-79-72(78)68-67(66(83-47-55-32-16-5-17-33-55)69(84-48-56-34-18-6-19-35-56)73(92-68)87-51-59-40-24-9-25-41-59)91-75-71(86-50-58-38-22-8-23-39-58)65(82-46-54-30-14-4-15-31-54)63(61(43-77)89-75)90-74-70(85-49-57-36-20-7-21-37-57)64(81-45-53-28-12-3-13-29-53)62(60(42-76)88-74)80-44-52-26-10-2-11-27-52/h2-41,60-71,73-77H,42-51H2,1H3/t60-,61-,62+,63+,64+,65+,66+,67-,68+,69-,70-,71-,73-,74-,75-/m1/s1. The van der Waals surface area contributed by atoms with E-state index < -0.39 is 111 Å². The van der Waals surface area contributed by atoms with Crippen LogP contribution in [-0.2, 0) is 124 Å². The molecule has 0 bridgehead atoms. The molecule has 0 aromatic heterocycles. The highest BCUT2D eigenvalue weighted by atomic mass is 16.8. The number of esters is 1. The summed E-state index contributed by atoms with van der Waals surface area (Å²) in [5.41, 5.74) is 6.78. The van der Waals surface area contributed by atoms with Gasteiger partial charge in [0.2, 0.25) is 0 Å². The Morgan fingerprint density at radius 1 is 0.293 bits per heavy atom. The summed E-state index contributed by atoms with van der Waals surface area (Å²) < 4.78 is 96.4. The Bertz CT molecular complexity index is 3350. The van der Waals surface area contributed by atoms with Crippen molar-refractivity contribution in [1.29, 1.82) is 0 Å². The molecule has 482 valence electrons. The van der Waals surface area contributed by atoms with Crippen LogP contribution in [0, 0.1) is 0 Å². The summed E-state index contributed by atoms with van der Waals surface area (Å²) in [5, 5.41) is 23.3. The van der Waals surface area contributed by atoms with E-state index >= 15 is 0 Å². The van der Waals surface area contributed by atoms with E-state index in [0.717, 1.165) is 44.5 Å². The topological polar surface area (TPSA) is 187 Å². The minimum absolute atomic E-state index is 0.00927. The number of hydrogen-bond donors (Lipinski definition) is 2. The number of methoxy groups -OCH3 is 1. The number of benzene rings is 8. The summed E-state index contributed by atoms with van der Waals surface area (Å²) in [6.45, 7) is -0.493. The number of carbonyl (C=O) groups is 1. The summed E-state index contributed by atoms with van der Waals surface area (Å²) in [4.78, 5) is 14.6. The minimum Gasteiger partial charge on any atom is -0.467 e. The zero-order valence-corrected chi connectivity index (χ0v) is 51.3. The molecule has 17 heteroatoms. The molecular formula is C75H80O17. The van der Waals surface area contributed by atoms with Gasteiger partial charge in [0.15, 0.2) is 25.0 Å². The van der Waals surface area contributed by atoms with Crippen LogP contribution in [0.5, 0.6) is 0 Å². The van der Waals surface area contributed by atoms with E-state index in [2.05, 4.69) is 0 Å². The quantitative estimate of drug-likeness (QED) is 0.0390. The number of aliphatic hydroxyl groups excluding tert-OH is 2. The molecule has 3 heterocycles. The van der Waals surface area contributed by atoms with Crippen LogP contribution < -0.4 is 0 Å². The Kier molecular flexibility index (Phi) is 24.8. The number of carbonyl (C=O) groups excluding carboxylic acids is 1. The zero-order chi connectivity index (χ0) is 63.1. The molecular weight excluding hydrogens is 1170 g/mol. The monoisotopic (exact) mass is 1250 g/mol. The van der Waals surface area contributed by atoms with Gasteiger partial charge in [-0.15, -0.1) is 0 Å². The van der Waals surface area contributed by atoms with Crippen molar-refractivity contribution in [2.24, 2.45) is 0 Å². The number of aliphatic hydroxyl groups is 2. The highest BCUT2D eigenvalue weighted by molar-refractivity contribution is 5.75. The normalized spacial score (nSPS) is 26.4. The molecule has 2 N–H and O–H groups in total. The Morgan fingerprint density at radius 2 is 0.533 bits per heavy atom. The zero-order valence-electron chi connectivity index (χ0n) is 51.3. The highest BCUT2D eigenvalue weighted by Crippen LogP contribution is 2.40. The molecule has 15 atom stereocenters. The van der Waals surface area contributed by atoms with Crippen LogP contribution in [0.3, 0.4) is 0 Å². The Labute approximate surface area is 537 Å². The van der Waals surface area contributed by atoms with Gasteiger partial charge < -0.3 is 76.5 Å². The first-order valence-corrected chi connectivity index (χ1v) is 31.2. The van der Waals surface area contributed by atoms with Crippen molar-refractivity contribution < 1.29 is 81.3 Å². The molecule has 17 nitrogen and oxygen atoms in total. The molecule has 3 aliphatic rings. The van der Waals surface area contributed by atoms with Crippen LogP contribution in [0.1, 0.15) is 44.5 Å². The van der Waals surface area contributed by atoms with Crippen LogP contribution in [-0.4, -0.2) is 129 Å². The fourth-order valence-corrected chi connectivity index (χ4v) is 11.6. The number of ether oxygens (including phenoxy) is 14. The van der Waals surface area contributed by atoms with Gasteiger partial charge in [0.05, 0.1) is 73.2 Å². The Balaban J connectivity index is 0.992. The van der Waals surface area contributed by atoms with Gasteiger partial charge in [-0.3, -0.25) is 0 Å². The molecule has 0 radical (unpaired) electrons. The van der Waals surface area contributed by atoms with Crippen molar-refractivity contribution in [3.8, 4) is 0 Å². The van der Waals surface area contributed by atoms with E-state index in [4.69, 9.17) is 66.3 Å². The largest absolute Gasteiger partial charge is 0.467 e. The second-order valence-corrected chi connectivity index (χ2v) is 22.7. The van der Waals surface area contributed by atoms with Gasteiger partial charge in [-0.1, -0.05) is 243 Å². The highest BCUT2D eigenvalue weighted by Gasteiger charge is 2.58. The maximum Gasteiger partial charge on any atom is 0.337 e. The predicted octanol–water partition coefficient (Wildman–Crippen LogP) is 10.4. The van der Waals surface area contributed by atoms with Crippen LogP contribution in [0.4, 0.5) is 0 Å². The van der Waals surface area contributed by atoms with E-state index in [1.807, 2.05) is 243 Å². The van der Waals surface area contributed by atoms with Gasteiger partial charge in [0.25, 0.3) is 0 Å². The SMILES string of the molecule is COC(=O)[C@H]1O[C@@H](OCc2ccccc2)[C@H](OCc2ccccc2)[C@@H](OCc2ccccc2)[C@H]1O[C@H]1O[C@H](CO)[C@H](O[C@H]2O[C@H](CO)[C@H](OCc3ccccc3)[C@H](OCc3ccccc3)[C@H]2OCc2ccccc2)[C@H](OCc2ccccc2)[C@H]1OCc1ccccc1. The summed E-state index contributed by atoms with van der Waals surface area (Å²) >= 11 is 0. The van der Waals surface area contributed by atoms with Gasteiger partial charge in [0.1, 0.15) is 67.1 Å². The first kappa shape index (κ1) is 66.1. The summed E-state index contributed by atoms with van der Waals surface area (Å²) in [7, 11) is 1.26. The van der Waals surface area contributed by atoms with Crippen molar-refractivity contribution in [2.75, 3.05) is 20.3 Å². The second-order valence-electron chi connectivity index (χ2n) is 22.7. The third-order valence-corrected chi connectivity index (χ3v) is 16.3. The summed E-state index contributed by atoms with van der Waals surface area (Å²) in [6.07, 6.45) is -18.1. The predicted molar refractivity (Wildman–Crippen MR) is 338 cm³/mol. The lowest BCUT2D eigenvalue weighted by molar-refractivity contribution is -0.392. The van der Waals surface area contributed by atoms with Gasteiger partial charge in [-0.2, -0.15) is 0 Å². The molecule has 92 heavy (non-hydrogen) atoms. The Hall–Kier alpha value is -7.37. The summed E-state index contributed by atoms with van der Waals surface area (Å²) in [6, 6.07) is 77.1. The van der Waals surface area contributed by atoms with Crippen LogP contribution in [0.25, 0.3) is 0 Å². The molecule has 3 aliphatic heterocycles. The smallest absolute Gasteiger partial charge is 0.337 e. The van der Waals surface area contributed by atoms with E-state index in [9.17, 15) is 15.0 Å². The lowest BCUT2D eigenvalue weighted by Crippen LogP contribution is -2.68. The summed E-state index contributed by atoms with van der Waals surface area (Å²) in [5.74, 6) is -0.794. The van der Waals surface area contributed by atoms with E-state index in [1.165, 1.54) is 7.11 Å². The maximum atomic E-state index is 14.6. The molecule has 11 rings (SSSR count).